The fraction of sp³-hybridized carbons (Fsp3) is 0.368. The van der Waals surface area contributed by atoms with E-state index < -0.39 is 159 Å². The molecule has 0 saturated carbocycles. The van der Waals surface area contributed by atoms with Crippen LogP contribution < -0.4 is 15.4 Å². The summed E-state index contributed by atoms with van der Waals surface area (Å²) in [6.45, 7) is -0.400. The summed E-state index contributed by atoms with van der Waals surface area (Å²) in [5.41, 5.74) is -6.63. The minimum absolute atomic E-state index is 0.114. The van der Waals surface area contributed by atoms with E-state index in [9.17, 15) is 80.5 Å². The number of hydrogen-bond acceptors (Lipinski definition) is 15. The van der Waals surface area contributed by atoms with Gasteiger partial charge in [0.05, 0.1) is 46.4 Å². The normalized spacial score (nSPS) is 23.3. The smallest absolute Gasteiger partial charge is 0.471 e. The molecule has 0 aromatic heterocycles. The number of amides is 2. The third-order valence-corrected chi connectivity index (χ3v) is 10.4. The molecule has 62 heavy (non-hydrogen) atoms. The molecule has 0 bridgehead atoms. The summed E-state index contributed by atoms with van der Waals surface area (Å²) in [7, 11) is 1.18. The van der Waals surface area contributed by atoms with Crippen LogP contribution in [0.1, 0.15) is 79.2 Å². The molecule has 1 saturated heterocycles. The van der Waals surface area contributed by atoms with Gasteiger partial charge in [-0.1, -0.05) is 12.1 Å². The van der Waals surface area contributed by atoms with Crippen molar-refractivity contribution in [2.75, 3.05) is 13.7 Å². The first-order chi connectivity index (χ1) is 28.9. The lowest BCUT2D eigenvalue weighted by Crippen LogP contribution is -2.62. The largest absolute Gasteiger partial charge is 0.507 e. The molecule has 5 N–H and O–H groups in total. The van der Waals surface area contributed by atoms with Gasteiger partial charge < -0.3 is 44.9 Å². The number of nitro groups is 1. The van der Waals surface area contributed by atoms with Gasteiger partial charge in [0.2, 0.25) is 5.78 Å². The minimum atomic E-state index is -5.63. The number of aliphatic hydroxyl groups is 1. The maximum atomic E-state index is 14.0. The van der Waals surface area contributed by atoms with Crippen molar-refractivity contribution in [2.45, 2.75) is 74.8 Å². The van der Waals surface area contributed by atoms with Gasteiger partial charge in [0.25, 0.3) is 5.69 Å². The number of rotatable bonds is 10. The minimum Gasteiger partial charge on any atom is -0.507 e. The van der Waals surface area contributed by atoms with Crippen molar-refractivity contribution in [3.63, 3.8) is 0 Å². The van der Waals surface area contributed by atoms with Crippen molar-refractivity contribution in [1.82, 2.24) is 10.6 Å². The van der Waals surface area contributed by atoms with E-state index in [1.54, 1.807) is 0 Å². The summed E-state index contributed by atoms with van der Waals surface area (Å²) in [6, 6.07) is 5.20. The number of methoxy groups -OCH3 is 1. The zero-order valence-corrected chi connectivity index (χ0v) is 31.7. The number of ketones is 3. The van der Waals surface area contributed by atoms with Gasteiger partial charge in [0, 0.05) is 54.6 Å². The van der Waals surface area contributed by atoms with Gasteiger partial charge in [-0.05, 0) is 25.1 Å². The van der Waals surface area contributed by atoms with E-state index in [-0.39, 0.29) is 16.9 Å². The van der Waals surface area contributed by atoms with Crippen molar-refractivity contribution in [3.8, 4) is 17.2 Å². The Kier molecular flexibility index (Phi) is 11.8. The lowest BCUT2D eigenvalue weighted by molar-refractivity contribution is -0.384. The maximum absolute atomic E-state index is 14.0. The molecule has 3 aliphatic rings. The molecule has 330 valence electrons. The van der Waals surface area contributed by atoms with Crippen molar-refractivity contribution < 1.29 is 94.3 Å². The van der Waals surface area contributed by atoms with Crippen LogP contribution in [0.4, 0.5) is 32.0 Å². The fourth-order valence-corrected chi connectivity index (χ4v) is 7.42. The van der Waals surface area contributed by atoms with Crippen LogP contribution in [0.25, 0.3) is 0 Å². The molecule has 6 rings (SSSR count). The number of Topliss-reactive ketones (excluding diaryl/α,β-unsaturated/α-hetero) is 1. The standard InChI is InChI=1S/C38H31F6N3O15/c1-14(48)36(56)11-18-25(31(52)27-26(29(18)50)28(49)17-4-3-5-20(59-2)24(17)30(27)51)21(12-36)60-23-10-19(46-35(55)38(42,43)44)32(22(61-23)13-45-34(54)37(39,40)41)62-33(53)15-6-8-16(9-7-15)47(57)58/h3-9,19,21-23,32,50,52,56H,10-13H2,1-2H3,(H,45,54)(H,46,55). The predicted molar refractivity (Wildman–Crippen MR) is 190 cm³/mol. The Labute approximate surface area is 342 Å². The Balaban J connectivity index is 1.44. The molecule has 1 aliphatic heterocycles. The molecule has 3 aromatic rings. The first kappa shape index (κ1) is 44.9. The number of non-ortho nitro benzene ring substituents is 1. The predicted octanol–water partition coefficient (Wildman–Crippen LogP) is 3.18. The lowest BCUT2D eigenvalue weighted by atomic mass is 9.72. The van der Waals surface area contributed by atoms with Crippen LogP contribution in [-0.2, 0) is 35.0 Å². The molecule has 1 fully saturated rings. The van der Waals surface area contributed by atoms with Gasteiger partial charge in [-0.25, -0.2) is 4.79 Å². The fourth-order valence-electron chi connectivity index (χ4n) is 7.42. The first-order valence-electron chi connectivity index (χ1n) is 18.0. The molecular weight excluding hydrogens is 852 g/mol. The Bertz CT molecular complexity index is 2400. The van der Waals surface area contributed by atoms with Crippen LogP contribution in [0.15, 0.2) is 42.5 Å². The summed E-state index contributed by atoms with van der Waals surface area (Å²) in [5, 5.41) is 49.0. The van der Waals surface area contributed by atoms with Crippen molar-refractivity contribution >= 4 is 40.8 Å². The van der Waals surface area contributed by atoms with Crippen LogP contribution in [0, 0.1) is 10.1 Å². The molecule has 2 aliphatic carbocycles. The zero-order valence-electron chi connectivity index (χ0n) is 31.7. The monoisotopic (exact) mass is 883 g/mol. The number of benzene rings is 3. The number of phenols is 2. The van der Waals surface area contributed by atoms with Crippen molar-refractivity contribution in [3.05, 3.63) is 91.5 Å². The van der Waals surface area contributed by atoms with Gasteiger partial charge in [-0.3, -0.25) is 34.1 Å². The second-order valence-corrected chi connectivity index (χ2v) is 14.3. The number of ether oxygens (including phenoxy) is 4. The van der Waals surface area contributed by atoms with Gasteiger partial charge >= 0.3 is 30.1 Å². The number of nitrogens with one attached hydrogen (secondary N) is 2. The van der Waals surface area contributed by atoms with Crippen LogP contribution >= 0.6 is 0 Å². The first-order valence-corrected chi connectivity index (χ1v) is 18.0. The summed E-state index contributed by atoms with van der Waals surface area (Å²) < 4.78 is 103. The third-order valence-electron chi connectivity index (χ3n) is 10.4. The van der Waals surface area contributed by atoms with Crippen LogP contribution in [-0.4, -0.2) is 112 Å². The molecular formula is C38H31F6N3O15. The van der Waals surface area contributed by atoms with Gasteiger partial charge in [-0.15, -0.1) is 0 Å². The highest BCUT2D eigenvalue weighted by molar-refractivity contribution is 6.31. The highest BCUT2D eigenvalue weighted by Gasteiger charge is 2.52. The number of esters is 1. The Morgan fingerprint density at radius 1 is 0.935 bits per heavy atom. The molecule has 24 heteroatoms. The molecule has 3 aromatic carbocycles. The Hall–Kier alpha value is -6.66. The van der Waals surface area contributed by atoms with Gasteiger partial charge in [-0.2, -0.15) is 26.3 Å². The molecule has 2 amide bonds. The van der Waals surface area contributed by atoms with E-state index in [0.717, 1.165) is 31.2 Å². The number of nitrogens with zero attached hydrogens (tertiary/aromatic N) is 1. The number of carbonyl (C=O) groups excluding carboxylic acids is 6. The third kappa shape index (κ3) is 8.34. The van der Waals surface area contributed by atoms with Gasteiger partial charge in [0.1, 0.15) is 29.0 Å². The van der Waals surface area contributed by atoms with Crippen LogP contribution in [0.2, 0.25) is 0 Å². The van der Waals surface area contributed by atoms with E-state index in [1.165, 1.54) is 35.9 Å². The van der Waals surface area contributed by atoms with E-state index in [2.05, 4.69) is 0 Å². The summed E-state index contributed by atoms with van der Waals surface area (Å²) >= 11 is 0. The number of carbonyl (C=O) groups is 6. The number of halogens is 6. The van der Waals surface area contributed by atoms with Crippen molar-refractivity contribution in [2.24, 2.45) is 0 Å². The molecule has 0 radical (unpaired) electrons. The number of aromatic hydroxyl groups is 2. The molecule has 6 atom stereocenters. The van der Waals surface area contributed by atoms with E-state index in [0.29, 0.717) is 0 Å². The lowest BCUT2D eigenvalue weighted by Gasteiger charge is -2.44. The maximum Gasteiger partial charge on any atom is 0.471 e. The Morgan fingerprint density at radius 2 is 1.56 bits per heavy atom. The number of nitro benzene ring substituents is 1. The summed E-state index contributed by atoms with van der Waals surface area (Å²) in [4.78, 5) is 88.3. The van der Waals surface area contributed by atoms with E-state index in [1.807, 2.05) is 0 Å². The molecule has 0 spiro atoms. The van der Waals surface area contributed by atoms with Crippen LogP contribution in [0.5, 0.6) is 17.2 Å². The molecule has 18 nitrogen and oxygen atoms in total. The highest BCUT2D eigenvalue weighted by atomic mass is 19.4. The highest BCUT2D eigenvalue weighted by Crippen LogP contribution is 2.52. The average Bonchev–Trinajstić information content (AvgIpc) is 3.19. The zero-order chi connectivity index (χ0) is 45.8. The van der Waals surface area contributed by atoms with Gasteiger partial charge in [0.15, 0.2) is 24.0 Å². The quantitative estimate of drug-likeness (QED) is 0.0503. The Morgan fingerprint density at radius 3 is 2.15 bits per heavy atom. The topological polar surface area (TPSA) is 267 Å². The van der Waals surface area contributed by atoms with E-state index in [4.69, 9.17) is 18.9 Å². The number of hydrogen-bond donors (Lipinski definition) is 5. The SMILES string of the molecule is COc1cccc2c1C(=O)c1c(O)c3c(c(O)c1C2=O)CC(O)(C(C)=O)CC3OC1CC(NC(=O)C(F)(F)F)C(OC(=O)c2ccc([N+](=O)[O-])cc2)C(CNC(=O)C(F)(F)F)O1. The molecule has 1 heterocycles. The second kappa shape index (κ2) is 16.3. The van der Waals surface area contributed by atoms with Crippen LogP contribution in [0.3, 0.4) is 0 Å². The number of phenolic OH excluding ortho intramolecular Hbond substituents is 2. The summed E-state index contributed by atoms with van der Waals surface area (Å²) in [6.07, 6.45) is -22.2. The number of alkyl halides is 6. The average molecular weight is 884 g/mol. The summed E-state index contributed by atoms with van der Waals surface area (Å²) in [5.74, 6) is -11.9. The van der Waals surface area contributed by atoms with Crippen molar-refractivity contribution in [1.29, 1.82) is 0 Å². The van der Waals surface area contributed by atoms with E-state index >= 15 is 0 Å². The molecule has 6 unspecified atom stereocenters. The second-order valence-electron chi connectivity index (χ2n) is 14.3. The number of fused-ring (bicyclic) bond motifs is 3.